The second-order valence-electron chi connectivity index (χ2n) is 6.49. The second kappa shape index (κ2) is 5.57. The van der Waals surface area contributed by atoms with Crippen LogP contribution in [0.1, 0.15) is 44.0 Å². The quantitative estimate of drug-likeness (QED) is 0.926. The lowest BCUT2D eigenvalue weighted by Crippen LogP contribution is -2.28. The van der Waals surface area contributed by atoms with Gasteiger partial charge in [0.25, 0.3) is 0 Å². The van der Waals surface area contributed by atoms with Crippen molar-refractivity contribution < 1.29 is 0 Å². The zero-order valence-corrected chi connectivity index (χ0v) is 12.8. The molecule has 0 aliphatic carbocycles. The second-order valence-corrected chi connectivity index (χ2v) is 6.49. The summed E-state index contributed by atoms with van der Waals surface area (Å²) in [5, 5.41) is 3.45. The summed E-state index contributed by atoms with van der Waals surface area (Å²) >= 11 is 0. The van der Waals surface area contributed by atoms with E-state index in [0.29, 0.717) is 11.8 Å². The Kier molecular flexibility index (Phi) is 3.79. The average Bonchev–Trinajstić information content (AvgIpc) is 2.77. The van der Waals surface area contributed by atoms with Gasteiger partial charge in [-0.1, -0.05) is 19.9 Å². The van der Waals surface area contributed by atoms with Crippen molar-refractivity contribution in [3.05, 3.63) is 29.6 Å². The predicted octanol–water partition coefficient (Wildman–Crippen LogP) is 3.47. The molecule has 3 rings (SSSR count). The van der Waals surface area contributed by atoms with Crippen LogP contribution in [0.5, 0.6) is 0 Å². The van der Waals surface area contributed by atoms with Crippen molar-refractivity contribution in [2.24, 2.45) is 5.92 Å². The number of aryl methyl sites for hydroxylation is 1. The number of nitrogens with one attached hydrogen (secondary N) is 1. The summed E-state index contributed by atoms with van der Waals surface area (Å²) in [6, 6.07) is 6.66. The molecule has 1 N–H and O–H groups in total. The van der Waals surface area contributed by atoms with E-state index in [1.165, 1.54) is 35.3 Å². The lowest BCUT2D eigenvalue weighted by molar-refractivity contribution is 0.419. The van der Waals surface area contributed by atoms with Crippen molar-refractivity contribution >= 4 is 11.0 Å². The molecule has 0 spiro atoms. The van der Waals surface area contributed by atoms with Crippen molar-refractivity contribution in [1.82, 2.24) is 14.9 Å². The van der Waals surface area contributed by atoms with E-state index in [1.807, 2.05) is 0 Å². The predicted molar refractivity (Wildman–Crippen MR) is 84.2 cm³/mol. The van der Waals surface area contributed by atoms with Crippen LogP contribution in [-0.4, -0.2) is 22.6 Å². The fourth-order valence-electron chi connectivity index (χ4n) is 3.21. The van der Waals surface area contributed by atoms with Gasteiger partial charge in [-0.05, 0) is 56.5 Å². The van der Waals surface area contributed by atoms with E-state index >= 15 is 0 Å². The Morgan fingerprint density at radius 2 is 2.05 bits per heavy atom. The highest BCUT2D eigenvalue weighted by molar-refractivity contribution is 5.77. The topological polar surface area (TPSA) is 29.9 Å². The third-order valence-corrected chi connectivity index (χ3v) is 4.19. The van der Waals surface area contributed by atoms with Gasteiger partial charge >= 0.3 is 0 Å². The number of aromatic nitrogens is 2. The van der Waals surface area contributed by atoms with Gasteiger partial charge < -0.3 is 9.88 Å². The Morgan fingerprint density at radius 1 is 1.30 bits per heavy atom. The molecular formula is C17H25N3. The molecule has 1 aliphatic rings. The zero-order valence-electron chi connectivity index (χ0n) is 12.8. The summed E-state index contributed by atoms with van der Waals surface area (Å²) < 4.78 is 2.47. The van der Waals surface area contributed by atoms with Crippen LogP contribution in [-0.2, 0) is 6.54 Å². The van der Waals surface area contributed by atoms with Gasteiger partial charge in [0, 0.05) is 12.5 Å². The molecule has 0 radical (unpaired) electrons. The Hall–Kier alpha value is -1.35. The molecule has 3 nitrogen and oxygen atoms in total. The Labute approximate surface area is 121 Å². The standard InChI is InChI=1S/C17H25N3/c1-12(2)11-20-16-5-4-13(3)10-15(16)19-17(20)14-6-8-18-9-7-14/h4-5,10,12,14,18H,6-9,11H2,1-3H3. The lowest BCUT2D eigenvalue weighted by atomic mass is 9.97. The lowest BCUT2D eigenvalue weighted by Gasteiger charge is -2.23. The van der Waals surface area contributed by atoms with Crippen molar-refractivity contribution in [3.8, 4) is 0 Å². The molecule has 1 saturated heterocycles. The SMILES string of the molecule is Cc1ccc2c(c1)nc(C1CCNCC1)n2CC(C)C. The first kappa shape index (κ1) is 13.6. The van der Waals surface area contributed by atoms with Crippen LogP contribution in [0.2, 0.25) is 0 Å². The van der Waals surface area contributed by atoms with Gasteiger partial charge in [0.05, 0.1) is 11.0 Å². The fraction of sp³-hybridized carbons (Fsp3) is 0.588. The minimum atomic E-state index is 0.614. The Morgan fingerprint density at radius 3 is 2.75 bits per heavy atom. The molecular weight excluding hydrogens is 246 g/mol. The van der Waals surface area contributed by atoms with Crippen LogP contribution in [0, 0.1) is 12.8 Å². The minimum Gasteiger partial charge on any atom is -0.327 e. The first-order valence-electron chi connectivity index (χ1n) is 7.82. The van der Waals surface area contributed by atoms with Gasteiger partial charge in [0.2, 0.25) is 0 Å². The van der Waals surface area contributed by atoms with Crippen molar-refractivity contribution in [1.29, 1.82) is 0 Å². The molecule has 0 unspecified atom stereocenters. The highest BCUT2D eigenvalue weighted by Crippen LogP contribution is 2.29. The number of fused-ring (bicyclic) bond motifs is 1. The van der Waals surface area contributed by atoms with E-state index < -0.39 is 0 Å². The molecule has 2 aromatic rings. The normalized spacial score (nSPS) is 17.2. The van der Waals surface area contributed by atoms with E-state index in [4.69, 9.17) is 4.98 Å². The van der Waals surface area contributed by atoms with Crippen LogP contribution in [0.25, 0.3) is 11.0 Å². The maximum atomic E-state index is 4.99. The molecule has 0 amide bonds. The molecule has 20 heavy (non-hydrogen) atoms. The maximum Gasteiger partial charge on any atom is 0.113 e. The number of rotatable bonds is 3. The Bertz CT molecular complexity index is 592. The highest BCUT2D eigenvalue weighted by atomic mass is 15.1. The third kappa shape index (κ3) is 2.59. The number of hydrogen-bond donors (Lipinski definition) is 1. The molecule has 1 fully saturated rings. The molecule has 108 valence electrons. The number of piperidine rings is 1. The van der Waals surface area contributed by atoms with E-state index in [9.17, 15) is 0 Å². The summed E-state index contributed by atoms with van der Waals surface area (Å²) in [6.45, 7) is 10.0. The van der Waals surface area contributed by atoms with Gasteiger partial charge in [-0.3, -0.25) is 0 Å². The molecule has 0 bridgehead atoms. The summed E-state index contributed by atoms with van der Waals surface area (Å²) in [4.78, 5) is 4.99. The van der Waals surface area contributed by atoms with Crippen LogP contribution >= 0.6 is 0 Å². The molecule has 1 aromatic carbocycles. The van der Waals surface area contributed by atoms with E-state index in [1.54, 1.807) is 0 Å². The number of benzene rings is 1. The average molecular weight is 271 g/mol. The molecule has 1 aromatic heterocycles. The van der Waals surface area contributed by atoms with Crippen LogP contribution in [0.15, 0.2) is 18.2 Å². The smallest absolute Gasteiger partial charge is 0.113 e. The van der Waals surface area contributed by atoms with Crippen molar-refractivity contribution in [2.45, 2.75) is 46.1 Å². The summed E-state index contributed by atoms with van der Waals surface area (Å²) in [7, 11) is 0. The van der Waals surface area contributed by atoms with Crippen molar-refractivity contribution in [2.75, 3.05) is 13.1 Å². The van der Waals surface area contributed by atoms with Gasteiger partial charge in [-0.2, -0.15) is 0 Å². The van der Waals surface area contributed by atoms with Crippen LogP contribution in [0.4, 0.5) is 0 Å². The molecule has 0 saturated carbocycles. The Balaban J connectivity index is 2.08. The first-order valence-corrected chi connectivity index (χ1v) is 7.82. The molecule has 3 heteroatoms. The summed E-state index contributed by atoms with van der Waals surface area (Å²) in [5.41, 5.74) is 3.76. The number of hydrogen-bond acceptors (Lipinski definition) is 2. The number of imidazole rings is 1. The van der Waals surface area contributed by atoms with Crippen LogP contribution < -0.4 is 5.32 Å². The van der Waals surface area contributed by atoms with Crippen molar-refractivity contribution in [3.63, 3.8) is 0 Å². The summed E-state index contributed by atoms with van der Waals surface area (Å²) in [5.74, 6) is 2.57. The fourth-order valence-corrected chi connectivity index (χ4v) is 3.21. The highest BCUT2D eigenvalue weighted by Gasteiger charge is 2.22. The molecule has 1 aliphatic heterocycles. The van der Waals surface area contributed by atoms with Gasteiger partial charge in [-0.15, -0.1) is 0 Å². The van der Waals surface area contributed by atoms with Gasteiger partial charge in [0.15, 0.2) is 0 Å². The third-order valence-electron chi connectivity index (χ3n) is 4.19. The van der Waals surface area contributed by atoms with E-state index in [2.05, 4.69) is 48.9 Å². The summed E-state index contributed by atoms with van der Waals surface area (Å²) in [6.07, 6.45) is 2.42. The largest absolute Gasteiger partial charge is 0.327 e. The van der Waals surface area contributed by atoms with Gasteiger partial charge in [-0.25, -0.2) is 4.98 Å². The zero-order chi connectivity index (χ0) is 14.1. The van der Waals surface area contributed by atoms with Gasteiger partial charge in [0.1, 0.15) is 5.82 Å². The minimum absolute atomic E-state index is 0.614. The number of nitrogens with zero attached hydrogens (tertiary/aromatic N) is 2. The molecule has 0 atom stereocenters. The first-order chi connectivity index (χ1) is 9.65. The molecule has 2 heterocycles. The van der Waals surface area contributed by atoms with E-state index in [-0.39, 0.29) is 0 Å². The maximum absolute atomic E-state index is 4.99. The van der Waals surface area contributed by atoms with E-state index in [0.717, 1.165) is 19.6 Å². The van der Waals surface area contributed by atoms with Crippen LogP contribution in [0.3, 0.4) is 0 Å². The monoisotopic (exact) mass is 271 g/mol.